The molecule has 0 fully saturated rings. The lowest BCUT2D eigenvalue weighted by Gasteiger charge is -2.29. The summed E-state index contributed by atoms with van der Waals surface area (Å²) in [6.45, 7) is 2.76. The number of amides is 1. The Morgan fingerprint density at radius 2 is 1.76 bits per heavy atom. The highest BCUT2D eigenvalue weighted by Gasteiger charge is 2.62. The SMILES string of the molecule is Cc1cc(C2=NOC(c3cc(Cl)cc(Cl)c3)(C(F)(F)F)C2)ccc1C(=O)Nc1nc(C)n(C(F)C(F)F)n1. The van der Waals surface area contributed by atoms with Crippen molar-refractivity contribution in [3.05, 3.63) is 74.5 Å². The molecule has 4 rings (SSSR count). The van der Waals surface area contributed by atoms with Crippen LogP contribution in [0.15, 0.2) is 41.6 Å². The number of alkyl halides is 6. The fourth-order valence-electron chi connectivity index (χ4n) is 3.91. The lowest BCUT2D eigenvalue weighted by Crippen LogP contribution is -2.42. The first-order chi connectivity index (χ1) is 17.7. The number of halogens is 8. The highest BCUT2D eigenvalue weighted by molar-refractivity contribution is 6.34. The van der Waals surface area contributed by atoms with Crippen LogP contribution in [0.5, 0.6) is 0 Å². The minimum atomic E-state index is -4.88. The fourth-order valence-corrected chi connectivity index (χ4v) is 4.43. The van der Waals surface area contributed by atoms with E-state index in [0.29, 0.717) is 10.2 Å². The van der Waals surface area contributed by atoms with Crippen molar-refractivity contribution in [1.82, 2.24) is 14.8 Å². The molecule has 0 saturated heterocycles. The van der Waals surface area contributed by atoms with Crippen molar-refractivity contribution in [3.63, 3.8) is 0 Å². The Bertz CT molecular complexity index is 1410. The second-order valence-electron chi connectivity index (χ2n) is 8.41. The molecule has 2 heterocycles. The molecule has 3 aromatic rings. The van der Waals surface area contributed by atoms with Gasteiger partial charge in [-0.05, 0) is 55.3 Å². The maximum atomic E-state index is 14.2. The molecule has 2 atom stereocenters. The Morgan fingerprint density at radius 1 is 1.11 bits per heavy atom. The molecule has 1 amide bonds. The van der Waals surface area contributed by atoms with Crippen molar-refractivity contribution in [1.29, 1.82) is 0 Å². The molecule has 1 aliphatic heterocycles. The minimum absolute atomic E-state index is 0.00913. The van der Waals surface area contributed by atoms with Gasteiger partial charge in [-0.1, -0.05) is 34.4 Å². The summed E-state index contributed by atoms with van der Waals surface area (Å²) in [6, 6.07) is 7.61. The minimum Gasteiger partial charge on any atom is -0.374 e. The van der Waals surface area contributed by atoms with Crippen molar-refractivity contribution in [2.24, 2.45) is 5.16 Å². The summed E-state index contributed by atoms with van der Waals surface area (Å²) >= 11 is 11.8. The molecule has 0 spiro atoms. The molecular weight excluding hydrogens is 563 g/mol. The zero-order chi connectivity index (χ0) is 28.0. The number of benzene rings is 2. The van der Waals surface area contributed by atoms with Gasteiger partial charge in [0.2, 0.25) is 5.95 Å². The van der Waals surface area contributed by atoms with E-state index in [-0.39, 0.29) is 38.3 Å². The molecule has 1 aromatic heterocycles. The maximum Gasteiger partial charge on any atom is 0.435 e. The van der Waals surface area contributed by atoms with Gasteiger partial charge in [0.15, 0.2) is 0 Å². The molecule has 1 N–H and O–H groups in total. The Hall–Kier alpha value is -3.32. The Balaban J connectivity index is 1.56. The second kappa shape index (κ2) is 10.1. The van der Waals surface area contributed by atoms with Gasteiger partial charge in [0.05, 0.1) is 5.71 Å². The lowest BCUT2D eigenvalue weighted by molar-refractivity contribution is -0.275. The summed E-state index contributed by atoms with van der Waals surface area (Å²) in [5.74, 6) is -1.34. The van der Waals surface area contributed by atoms with Gasteiger partial charge >= 0.3 is 6.18 Å². The van der Waals surface area contributed by atoms with Crippen molar-refractivity contribution >= 4 is 40.8 Å². The number of carbonyl (C=O) groups is 1. The number of hydrogen-bond acceptors (Lipinski definition) is 5. The number of hydrogen-bond donors (Lipinski definition) is 1. The van der Waals surface area contributed by atoms with Gasteiger partial charge in [-0.2, -0.15) is 18.2 Å². The van der Waals surface area contributed by atoms with E-state index in [1.54, 1.807) is 0 Å². The van der Waals surface area contributed by atoms with E-state index in [9.17, 15) is 31.1 Å². The monoisotopic (exact) mass is 579 g/mol. The molecule has 2 unspecified atom stereocenters. The van der Waals surface area contributed by atoms with Crippen LogP contribution in [0.25, 0.3) is 0 Å². The molecule has 202 valence electrons. The summed E-state index contributed by atoms with van der Waals surface area (Å²) in [5.41, 5.74) is -2.50. The number of rotatable bonds is 6. The van der Waals surface area contributed by atoms with Crippen molar-refractivity contribution in [3.8, 4) is 0 Å². The Labute approximate surface area is 221 Å². The van der Waals surface area contributed by atoms with Crippen LogP contribution in [0.1, 0.15) is 45.6 Å². The van der Waals surface area contributed by atoms with Crippen LogP contribution in [0.3, 0.4) is 0 Å². The average Bonchev–Trinajstić information content (AvgIpc) is 3.42. The summed E-state index contributed by atoms with van der Waals surface area (Å²) in [5, 5.41) is 9.49. The van der Waals surface area contributed by atoms with Gasteiger partial charge in [-0.15, -0.1) is 5.10 Å². The van der Waals surface area contributed by atoms with Crippen LogP contribution >= 0.6 is 23.2 Å². The van der Waals surface area contributed by atoms with E-state index in [4.69, 9.17) is 28.0 Å². The summed E-state index contributed by atoms with van der Waals surface area (Å²) in [7, 11) is 0. The third kappa shape index (κ3) is 5.17. The number of oxime groups is 1. The average molecular weight is 580 g/mol. The van der Waals surface area contributed by atoms with Crippen molar-refractivity contribution in [2.75, 3.05) is 5.32 Å². The van der Waals surface area contributed by atoms with Crippen LogP contribution in [-0.2, 0) is 10.4 Å². The molecule has 0 aliphatic carbocycles. The Kier molecular flexibility index (Phi) is 7.36. The third-order valence-electron chi connectivity index (χ3n) is 5.79. The zero-order valence-corrected chi connectivity index (χ0v) is 21.0. The van der Waals surface area contributed by atoms with Crippen LogP contribution in [0.4, 0.5) is 32.3 Å². The first-order valence-corrected chi connectivity index (χ1v) is 11.5. The highest BCUT2D eigenvalue weighted by atomic mass is 35.5. The Morgan fingerprint density at radius 3 is 2.34 bits per heavy atom. The van der Waals surface area contributed by atoms with Crippen LogP contribution < -0.4 is 5.32 Å². The fraction of sp³-hybridized carbons (Fsp3) is 0.304. The summed E-state index contributed by atoms with van der Waals surface area (Å²) < 4.78 is 81.9. The predicted octanol–water partition coefficient (Wildman–Crippen LogP) is 6.77. The van der Waals surface area contributed by atoms with Crippen molar-refractivity contribution in [2.45, 2.75) is 44.8 Å². The number of aromatic nitrogens is 3. The van der Waals surface area contributed by atoms with Gasteiger partial charge in [-0.3, -0.25) is 10.1 Å². The lowest BCUT2D eigenvalue weighted by atomic mass is 9.86. The first-order valence-electron chi connectivity index (χ1n) is 10.8. The van der Waals surface area contributed by atoms with E-state index in [1.165, 1.54) is 38.1 Å². The number of carbonyl (C=O) groups excluding carboxylic acids is 1. The van der Waals surface area contributed by atoms with Gasteiger partial charge in [0, 0.05) is 27.6 Å². The van der Waals surface area contributed by atoms with E-state index in [2.05, 4.69) is 20.6 Å². The predicted molar refractivity (Wildman–Crippen MR) is 126 cm³/mol. The molecule has 38 heavy (non-hydrogen) atoms. The van der Waals surface area contributed by atoms with Gasteiger partial charge in [0.25, 0.3) is 24.2 Å². The molecule has 0 bridgehead atoms. The van der Waals surface area contributed by atoms with Crippen LogP contribution in [-0.4, -0.2) is 39.0 Å². The first kappa shape index (κ1) is 27.7. The summed E-state index contributed by atoms with van der Waals surface area (Å²) in [6.07, 6.45) is -11.6. The largest absolute Gasteiger partial charge is 0.435 e. The second-order valence-corrected chi connectivity index (χ2v) is 9.28. The highest BCUT2D eigenvalue weighted by Crippen LogP contribution is 2.49. The number of nitrogens with one attached hydrogen (secondary N) is 1. The number of aryl methyl sites for hydroxylation is 2. The number of anilines is 1. The standard InChI is InChI=1S/C23H17Cl2F6N5O2/c1-10-5-12(3-4-16(10)20(37)33-21-32-11(2)36(34-21)19(28)18(26)27)17-9-22(38-35-17,23(29,30)31)13-6-14(24)8-15(25)7-13/h3-8,18-19H,9H2,1-2H3,(H,33,34,37). The maximum absolute atomic E-state index is 14.2. The molecule has 2 aromatic carbocycles. The van der Waals surface area contributed by atoms with Gasteiger partial charge < -0.3 is 4.84 Å². The third-order valence-corrected chi connectivity index (χ3v) is 6.22. The molecule has 1 aliphatic rings. The number of nitrogens with zero attached hydrogens (tertiary/aromatic N) is 4. The van der Waals surface area contributed by atoms with Crippen LogP contribution in [0.2, 0.25) is 10.0 Å². The van der Waals surface area contributed by atoms with E-state index >= 15 is 0 Å². The quantitative estimate of drug-likeness (QED) is 0.327. The molecule has 0 radical (unpaired) electrons. The van der Waals surface area contributed by atoms with Crippen molar-refractivity contribution < 1.29 is 36.0 Å². The van der Waals surface area contributed by atoms with E-state index < -0.39 is 42.8 Å². The summed E-state index contributed by atoms with van der Waals surface area (Å²) in [4.78, 5) is 21.4. The smallest absolute Gasteiger partial charge is 0.374 e. The zero-order valence-electron chi connectivity index (χ0n) is 19.5. The van der Waals surface area contributed by atoms with E-state index in [1.807, 2.05) is 0 Å². The molecule has 15 heteroatoms. The molecule has 0 saturated carbocycles. The van der Waals surface area contributed by atoms with Gasteiger partial charge in [-0.25, -0.2) is 17.9 Å². The normalized spacial score (nSPS) is 18.3. The molecule has 7 nitrogen and oxygen atoms in total. The van der Waals surface area contributed by atoms with E-state index in [0.717, 1.165) is 12.1 Å². The topological polar surface area (TPSA) is 81.4 Å². The van der Waals surface area contributed by atoms with Gasteiger partial charge in [0.1, 0.15) is 5.82 Å². The van der Waals surface area contributed by atoms with Crippen LogP contribution in [0, 0.1) is 13.8 Å². The molecular formula is C23H17Cl2F6N5O2.